The van der Waals surface area contributed by atoms with Crippen molar-refractivity contribution >= 4 is 11.8 Å². The Morgan fingerprint density at radius 1 is 1.62 bits per heavy atom. The van der Waals surface area contributed by atoms with E-state index in [2.05, 4.69) is 13.0 Å². The first-order chi connectivity index (χ1) is 6.33. The van der Waals surface area contributed by atoms with E-state index in [1.165, 1.54) is 0 Å². The molecule has 1 heterocycles. The van der Waals surface area contributed by atoms with Crippen LogP contribution in [0.25, 0.3) is 0 Å². The molecule has 0 aromatic carbocycles. The zero-order valence-corrected chi connectivity index (χ0v) is 9.03. The van der Waals surface area contributed by atoms with Crippen LogP contribution in [0, 0.1) is 16.7 Å². The van der Waals surface area contributed by atoms with Crippen molar-refractivity contribution in [3.63, 3.8) is 0 Å². The van der Waals surface area contributed by atoms with Gasteiger partial charge in [0.1, 0.15) is 0 Å². The molecule has 1 saturated heterocycles. The summed E-state index contributed by atoms with van der Waals surface area (Å²) in [5.74, 6) is 2.23. The molecular weight excluding hydrogens is 182 g/mol. The van der Waals surface area contributed by atoms with Crippen LogP contribution in [-0.2, 0) is 4.74 Å². The fraction of sp³-hybridized carbons (Fsp3) is 0.900. The van der Waals surface area contributed by atoms with E-state index in [9.17, 15) is 0 Å². The zero-order valence-electron chi connectivity index (χ0n) is 8.21. The lowest BCUT2D eigenvalue weighted by molar-refractivity contribution is 0.0210. The third kappa shape index (κ3) is 3.21. The van der Waals surface area contributed by atoms with Gasteiger partial charge in [-0.1, -0.05) is 6.92 Å². The standard InChI is InChI=1S/C10H17NOS/c1-2-13-7-5-10(8-11)4-3-6-12-9-10/h2-7,9H2,1H3. The van der Waals surface area contributed by atoms with Gasteiger partial charge >= 0.3 is 0 Å². The summed E-state index contributed by atoms with van der Waals surface area (Å²) in [5, 5.41) is 9.10. The molecule has 0 N–H and O–H groups in total. The monoisotopic (exact) mass is 199 g/mol. The molecule has 0 aromatic heterocycles. The molecule has 1 rings (SSSR count). The van der Waals surface area contributed by atoms with Crippen molar-refractivity contribution in [3.8, 4) is 6.07 Å². The van der Waals surface area contributed by atoms with Crippen molar-refractivity contribution in [2.75, 3.05) is 24.7 Å². The van der Waals surface area contributed by atoms with E-state index < -0.39 is 0 Å². The van der Waals surface area contributed by atoms with Gasteiger partial charge < -0.3 is 4.74 Å². The number of hydrogen-bond acceptors (Lipinski definition) is 3. The van der Waals surface area contributed by atoms with Crippen LogP contribution in [0.5, 0.6) is 0 Å². The van der Waals surface area contributed by atoms with Crippen LogP contribution in [0.4, 0.5) is 0 Å². The molecule has 1 aliphatic heterocycles. The Hall–Kier alpha value is -0.200. The second-order valence-corrected chi connectivity index (χ2v) is 4.89. The second kappa shape index (κ2) is 5.51. The van der Waals surface area contributed by atoms with Crippen molar-refractivity contribution in [3.05, 3.63) is 0 Å². The lowest BCUT2D eigenvalue weighted by atomic mass is 9.82. The Bertz CT molecular complexity index is 182. The van der Waals surface area contributed by atoms with Crippen LogP contribution in [0.3, 0.4) is 0 Å². The molecule has 1 atom stereocenters. The van der Waals surface area contributed by atoms with E-state index in [1.807, 2.05) is 11.8 Å². The first-order valence-corrected chi connectivity index (χ1v) is 6.05. The molecule has 0 amide bonds. The average molecular weight is 199 g/mol. The van der Waals surface area contributed by atoms with Gasteiger partial charge in [-0.05, 0) is 30.8 Å². The van der Waals surface area contributed by atoms with Crippen LogP contribution in [0.2, 0.25) is 0 Å². The van der Waals surface area contributed by atoms with Crippen LogP contribution < -0.4 is 0 Å². The molecule has 0 radical (unpaired) electrons. The Balaban J connectivity index is 2.35. The number of hydrogen-bond donors (Lipinski definition) is 0. The molecule has 3 heteroatoms. The van der Waals surface area contributed by atoms with Crippen molar-refractivity contribution in [2.24, 2.45) is 5.41 Å². The van der Waals surface area contributed by atoms with Crippen LogP contribution in [0.15, 0.2) is 0 Å². The lowest BCUT2D eigenvalue weighted by Gasteiger charge is -2.30. The maximum absolute atomic E-state index is 9.10. The first kappa shape index (κ1) is 10.9. The minimum absolute atomic E-state index is 0.166. The Morgan fingerprint density at radius 2 is 2.46 bits per heavy atom. The van der Waals surface area contributed by atoms with E-state index in [0.717, 1.165) is 37.4 Å². The molecular formula is C10H17NOS. The number of thioether (sulfide) groups is 1. The van der Waals surface area contributed by atoms with E-state index in [0.29, 0.717) is 6.61 Å². The quantitative estimate of drug-likeness (QED) is 0.652. The van der Waals surface area contributed by atoms with Gasteiger partial charge in [0.05, 0.1) is 18.1 Å². The van der Waals surface area contributed by atoms with E-state index in [4.69, 9.17) is 10.00 Å². The molecule has 0 aromatic rings. The third-order valence-corrected chi connectivity index (χ3v) is 3.39. The molecule has 2 nitrogen and oxygen atoms in total. The zero-order chi connectivity index (χ0) is 9.57. The maximum Gasteiger partial charge on any atom is 0.0815 e. The van der Waals surface area contributed by atoms with Crippen LogP contribution in [-0.4, -0.2) is 24.7 Å². The van der Waals surface area contributed by atoms with Gasteiger partial charge in [0.15, 0.2) is 0 Å². The van der Waals surface area contributed by atoms with Crippen LogP contribution >= 0.6 is 11.8 Å². The first-order valence-electron chi connectivity index (χ1n) is 4.90. The molecule has 1 aliphatic rings. The van der Waals surface area contributed by atoms with Gasteiger partial charge in [0.25, 0.3) is 0 Å². The summed E-state index contributed by atoms with van der Waals surface area (Å²) in [6, 6.07) is 2.44. The molecule has 0 aliphatic carbocycles. The minimum atomic E-state index is -0.166. The average Bonchev–Trinajstić information content (AvgIpc) is 2.20. The normalized spacial score (nSPS) is 28.3. The number of rotatable bonds is 4. The highest BCUT2D eigenvalue weighted by molar-refractivity contribution is 7.99. The van der Waals surface area contributed by atoms with Crippen molar-refractivity contribution in [1.82, 2.24) is 0 Å². The van der Waals surface area contributed by atoms with Crippen molar-refractivity contribution in [1.29, 1.82) is 5.26 Å². The highest BCUT2D eigenvalue weighted by Crippen LogP contribution is 2.32. The summed E-state index contributed by atoms with van der Waals surface area (Å²) in [6.45, 7) is 3.64. The highest BCUT2D eigenvalue weighted by atomic mass is 32.2. The Morgan fingerprint density at radius 3 is 3.00 bits per heavy atom. The van der Waals surface area contributed by atoms with E-state index >= 15 is 0 Å². The number of nitrogens with zero attached hydrogens (tertiary/aromatic N) is 1. The SMILES string of the molecule is CCSCCC1(C#N)CCCOC1. The van der Waals surface area contributed by atoms with Gasteiger partial charge in [-0.25, -0.2) is 0 Å². The summed E-state index contributed by atoms with van der Waals surface area (Å²) in [6.07, 6.45) is 3.06. The molecule has 0 bridgehead atoms. The van der Waals surface area contributed by atoms with Crippen LogP contribution in [0.1, 0.15) is 26.2 Å². The van der Waals surface area contributed by atoms with Gasteiger partial charge in [0, 0.05) is 6.61 Å². The molecule has 0 spiro atoms. The van der Waals surface area contributed by atoms with Crippen molar-refractivity contribution < 1.29 is 4.74 Å². The number of nitriles is 1. The number of ether oxygens (including phenoxy) is 1. The van der Waals surface area contributed by atoms with E-state index in [1.54, 1.807) is 0 Å². The molecule has 0 saturated carbocycles. The van der Waals surface area contributed by atoms with Gasteiger partial charge in [-0.2, -0.15) is 17.0 Å². The maximum atomic E-state index is 9.10. The van der Waals surface area contributed by atoms with Gasteiger partial charge in [-0.3, -0.25) is 0 Å². The Kier molecular flexibility index (Phi) is 4.61. The lowest BCUT2D eigenvalue weighted by Crippen LogP contribution is -2.30. The topological polar surface area (TPSA) is 33.0 Å². The largest absolute Gasteiger partial charge is 0.380 e. The third-order valence-electron chi connectivity index (χ3n) is 2.49. The Labute approximate surface area is 84.6 Å². The molecule has 74 valence electrons. The molecule has 1 fully saturated rings. The molecule has 1 unspecified atom stereocenters. The second-order valence-electron chi connectivity index (χ2n) is 3.50. The molecule has 13 heavy (non-hydrogen) atoms. The minimum Gasteiger partial charge on any atom is -0.380 e. The fourth-order valence-corrected chi connectivity index (χ4v) is 2.43. The summed E-state index contributed by atoms with van der Waals surface area (Å²) < 4.78 is 5.38. The van der Waals surface area contributed by atoms with Gasteiger partial charge in [0.2, 0.25) is 0 Å². The van der Waals surface area contributed by atoms with E-state index in [-0.39, 0.29) is 5.41 Å². The predicted octanol–water partition coefficient (Wildman–Crippen LogP) is 2.45. The van der Waals surface area contributed by atoms with Crippen molar-refractivity contribution in [2.45, 2.75) is 26.2 Å². The summed E-state index contributed by atoms with van der Waals surface area (Å²) >= 11 is 1.91. The summed E-state index contributed by atoms with van der Waals surface area (Å²) in [7, 11) is 0. The van der Waals surface area contributed by atoms with Gasteiger partial charge in [-0.15, -0.1) is 0 Å². The fourth-order valence-electron chi connectivity index (χ4n) is 1.61. The summed E-state index contributed by atoms with van der Waals surface area (Å²) in [4.78, 5) is 0. The smallest absolute Gasteiger partial charge is 0.0815 e. The summed E-state index contributed by atoms with van der Waals surface area (Å²) in [5.41, 5.74) is -0.166. The highest BCUT2D eigenvalue weighted by Gasteiger charge is 2.32. The predicted molar refractivity (Wildman–Crippen MR) is 55.7 cm³/mol.